The van der Waals surface area contributed by atoms with Crippen LogP contribution in [0.1, 0.15) is 37.3 Å². The Morgan fingerprint density at radius 3 is 2.54 bits per heavy atom. The van der Waals surface area contributed by atoms with Crippen molar-refractivity contribution in [3.63, 3.8) is 0 Å². The van der Waals surface area contributed by atoms with Crippen molar-refractivity contribution >= 4 is 22.2 Å². The number of nitrogens with zero attached hydrogens (tertiary/aromatic N) is 3. The normalized spacial score (nSPS) is 21.2. The van der Waals surface area contributed by atoms with Gasteiger partial charge in [-0.2, -0.15) is 5.10 Å². The molecule has 1 amide bonds. The van der Waals surface area contributed by atoms with Crippen molar-refractivity contribution in [2.45, 2.75) is 31.6 Å². The molecule has 0 radical (unpaired) electrons. The second kappa shape index (κ2) is 5.90. The number of aromatic nitrogens is 3. The molecule has 0 bridgehead atoms. The van der Waals surface area contributed by atoms with Crippen LogP contribution in [-0.2, 0) is 4.79 Å². The van der Waals surface area contributed by atoms with Gasteiger partial charge in [0.15, 0.2) is 0 Å². The van der Waals surface area contributed by atoms with Crippen LogP contribution in [0.3, 0.4) is 0 Å². The highest BCUT2D eigenvalue weighted by atomic mass is 32.1. The van der Waals surface area contributed by atoms with E-state index < -0.39 is 0 Å². The van der Waals surface area contributed by atoms with E-state index in [0.717, 1.165) is 46.9 Å². The highest BCUT2D eigenvalue weighted by Crippen LogP contribution is 2.36. The molecular weight excluding hydrogens is 324 g/mol. The number of carbonyl (C=O) groups excluding carboxylic acids is 1. The summed E-state index contributed by atoms with van der Waals surface area (Å²) in [6, 6.07) is 7.00. The molecule has 1 aliphatic carbocycles. The van der Waals surface area contributed by atoms with Crippen LogP contribution in [-0.4, -0.2) is 25.6 Å². The quantitative estimate of drug-likeness (QED) is 0.765. The number of amides is 1. The zero-order valence-electron chi connectivity index (χ0n) is 13.1. The molecule has 124 valence electrons. The first-order chi connectivity index (χ1) is 11.6. The van der Waals surface area contributed by atoms with E-state index in [1.807, 2.05) is 22.8 Å². The summed E-state index contributed by atoms with van der Waals surface area (Å²) in [5.41, 5.74) is 7.41. The third-order valence-electron chi connectivity index (χ3n) is 4.72. The number of imidazole rings is 1. The third-order valence-corrected chi connectivity index (χ3v) is 5.70. The molecule has 0 spiro atoms. The fourth-order valence-corrected chi connectivity index (χ4v) is 4.20. The number of rotatable bonds is 3. The Kier molecular flexibility index (Phi) is 3.72. The molecule has 1 fully saturated rings. The summed E-state index contributed by atoms with van der Waals surface area (Å²) < 4.78 is 1.82. The maximum Gasteiger partial charge on any atom is 0.220 e. The maximum atomic E-state index is 11.3. The van der Waals surface area contributed by atoms with Gasteiger partial charge in [-0.3, -0.25) is 4.79 Å². The summed E-state index contributed by atoms with van der Waals surface area (Å²) in [4.78, 5) is 16.9. The monoisotopic (exact) mass is 342 g/mol. The SMILES string of the molecule is NC(=O)C1CCC(c2cn3nc(-c4ccc(O)cc4)sc3n2)CC1. The lowest BCUT2D eigenvalue weighted by atomic mass is 9.80. The molecule has 2 aromatic heterocycles. The van der Waals surface area contributed by atoms with E-state index in [1.165, 1.54) is 11.3 Å². The fraction of sp³-hybridized carbons (Fsp3) is 0.353. The average Bonchev–Trinajstić information content (AvgIpc) is 3.14. The lowest BCUT2D eigenvalue weighted by Gasteiger charge is -2.25. The summed E-state index contributed by atoms with van der Waals surface area (Å²) >= 11 is 1.53. The van der Waals surface area contributed by atoms with Gasteiger partial charge in [-0.25, -0.2) is 9.50 Å². The van der Waals surface area contributed by atoms with Crippen molar-refractivity contribution in [3.8, 4) is 16.3 Å². The van der Waals surface area contributed by atoms with Gasteiger partial charge >= 0.3 is 0 Å². The van der Waals surface area contributed by atoms with E-state index in [2.05, 4.69) is 5.10 Å². The Balaban J connectivity index is 1.54. The number of phenols is 1. The molecule has 0 saturated heterocycles. The molecule has 0 unspecified atom stereocenters. The number of fused-ring (bicyclic) bond motifs is 1. The fourth-order valence-electron chi connectivity index (χ4n) is 3.31. The zero-order chi connectivity index (χ0) is 16.7. The van der Waals surface area contributed by atoms with Crippen LogP contribution >= 0.6 is 11.3 Å². The van der Waals surface area contributed by atoms with E-state index in [9.17, 15) is 9.90 Å². The minimum Gasteiger partial charge on any atom is -0.508 e. The van der Waals surface area contributed by atoms with Crippen molar-refractivity contribution in [2.24, 2.45) is 11.7 Å². The number of benzene rings is 1. The van der Waals surface area contributed by atoms with Gasteiger partial charge in [0.05, 0.1) is 11.9 Å². The van der Waals surface area contributed by atoms with E-state index in [-0.39, 0.29) is 17.6 Å². The molecule has 0 aliphatic heterocycles. The molecule has 7 heteroatoms. The van der Waals surface area contributed by atoms with Crippen LogP contribution in [0, 0.1) is 5.92 Å². The molecule has 1 aromatic carbocycles. The van der Waals surface area contributed by atoms with Crippen LogP contribution < -0.4 is 5.73 Å². The lowest BCUT2D eigenvalue weighted by molar-refractivity contribution is -0.122. The zero-order valence-corrected chi connectivity index (χ0v) is 13.9. The van der Waals surface area contributed by atoms with Gasteiger partial charge in [0, 0.05) is 17.4 Å². The van der Waals surface area contributed by atoms with E-state index in [4.69, 9.17) is 10.7 Å². The van der Waals surface area contributed by atoms with Gasteiger partial charge in [-0.15, -0.1) is 0 Å². The topological polar surface area (TPSA) is 93.5 Å². The van der Waals surface area contributed by atoms with Gasteiger partial charge in [0.25, 0.3) is 0 Å². The number of hydrogen-bond acceptors (Lipinski definition) is 5. The third kappa shape index (κ3) is 2.75. The summed E-state index contributed by atoms with van der Waals surface area (Å²) in [6.45, 7) is 0. The lowest BCUT2D eigenvalue weighted by Crippen LogP contribution is -2.27. The molecule has 2 heterocycles. The Hall–Kier alpha value is -2.41. The molecule has 24 heavy (non-hydrogen) atoms. The average molecular weight is 342 g/mol. The van der Waals surface area contributed by atoms with Gasteiger partial charge in [0.1, 0.15) is 10.8 Å². The number of carbonyl (C=O) groups is 1. The summed E-state index contributed by atoms with van der Waals surface area (Å²) in [5, 5.41) is 14.8. The van der Waals surface area contributed by atoms with Crippen molar-refractivity contribution in [1.29, 1.82) is 0 Å². The molecule has 3 N–H and O–H groups in total. The summed E-state index contributed by atoms with van der Waals surface area (Å²) in [6.07, 6.45) is 5.58. The van der Waals surface area contributed by atoms with Crippen molar-refractivity contribution < 1.29 is 9.90 Å². The number of phenolic OH excluding ortho intramolecular Hbond substituents is 1. The molecule has 0 atom stereocenters. The Morgan fingerprint density at radius 2 is 1.92 bits per heavy atom. The molecule has 4 rings (SSSR count). The first kappa shape index (κ1) is 15.1. The van der Waals surface area contributed by atoms with Gasteiger partial charge in [-0.1, -0.05) is 11.3 Å². The number of aromatic hydroxyl groups is 1. The van der Waals surface area contributed by atoms with Crippen molar-refractivity contribution in [3.05, 3.63) is 36.2 Å². The number of hydrogen-bond donors (Lipinski definition) is 2. The van der Waals surface area contributed by atoms with Crippen LogP contribution in [0.2, 0.25) is 0 Å². The van der Waals surface area contributed by atoms with E-state index in [0.29, 0.717) is 5.92 Å². The first-order valence-corrected chi connectivity index (χ1v) is 8.86. The molecule has 3 aromatic rings. The van der Waals surface area contributed by atoms with E-state index >= 15 is 0 Å². The van der Waals surface area contributed by atoms with Crippen LogP contribution in [0.25, 0.3) is 15.5 Å². The predicted molar refractivity (Wildman–Crippen MR) is 91.9 cm³/mol. The van der Waals surface area contributed by atoms with Gasteiger partial charge in [-0.05, 0) is 49.9 Å². The van der Waals surface area contributed by atoms with Gasteiger partial charge < -0.3 is 10.8 Å². The van der Waals surface area contributed by atoms with E-state index in [1.54, 1.807) is 12.1 Å². The predicted octanol–water partition coefficient (Wildman–Crippen LogP) is 2.92. The van der Waals surface area contributed by atoms with Crippen LogP contribution in [0.5, 0.6) is 5.75 Å². The molecule has 6 nitrogen and oxygen atoms in total. The minimum atomic E-state index is -0.181. The second-order valence-electron chi connectivity index (χ2n) is 6.30. The number of nitrogens with two attached hydrogens (primary N) is 1. The van der Waals surface area contributed by atoms with Crippen LogP contribution in [0.15, 0.2) is 30.5 Å². The summed E-state index contributed by atoms with van der Waals surface area (Å²) in [7, 11) is 0. The highest BCUT2D eigenvalue weighted by molar-refractivity contribution is 7.19. The number of primary amides is 1. The first-order valence-electron chi connectivity index (χ1n) is 8.05. The molecule has 1 saturated carbocycles. The second-order valence-corrected chi connectivity index (χ2v) is 7.25. The summed E-state index contributed by atoms with van der Waals surface area (Å²) in [5.74, 6) is 0.462. The Morgan fingerprint density at radius 1 is 1.21 bits per heavy atom. The Bertz CT molecular complexity index is 844. The standard InChI is InChI=1S/C17H18N4O2S/c18-15(23)11-3-1-10(2-4-11)14-9-21-17(19-14)24-16(20-21)12-5-7-13(22)8-6-12/h5-11,22H,1-4H2,(H2,18,23). The molecular formula is C17H18N4O2S. The largest absolute Gasteiger partial charge is 0.508 e. The van der Waals surface area contributed by atoms with Crippen molar-refractivity contribution in [2.75, 3.05) is 0 Å². The smallest absolute Gasteiger partial charge is 0.220 e. The Labute approximate surface area is 142 Å². The molecule has 1 aliphatic rings. The van der Waals surface area contributed by atoms with Crippen LogP contribution in [0.4, 0.5) is 0 Å². The maximum absolute atomic E-state index is 11.3. The highest BCUT2D eigenvalue weighted by Gasteiger charge is 2.27. The van der Waals surface area contributed by atoms with Crippen molar-refractivity contribution in [1.82, 2.24) is 14.6 Å². The van der Waals surface area contributed by atoms with Gasteiger partial charge in [0.2, 0.25) is 10.9 Å². The minimum absolute atomic E-state index is 0.0178.